The third kappa shape index (κ3) is 5.24. The number of hydrogen-bond donors (Lipinski definition) is 2. The molecule has 0 heterocycles. The minimum atomic E-state index is -3.15. The van der Waals surface area contributed by atoms with Crippen LogP contribution >= 0.6 is 0 Å². The van der Waals surface area contributed by atoms with Crippen molar-refractivity contribution < 1.29 is 17.6 Å². The molecule has 100 valence electrons. The quantitative estimate of drug-likeness (QED) is 0.819. The first-order chi connectivity index (χ1) is 8.28. The Morgan fingerprint density at radius 1 is 1.50 bits per heavy atom. The van der Waals surface area contributed by atoms with Crippen LogP contribution in [0.15, 0.2) is 24.3 Å². The fourth-order valence-electron chi connectivity index (χ4n) is 1.27. The van der Waals surface area contributed by atoms with Gasteiger partial charge in [0.2, 0.25) is 5.91 Å². The number of hydrogen-bond acceptors (Lipinski definition) is 4. The van der Waals surface area contributed by atoms with E-state index in [2.05, 4.69) is 5.32 Å². The molecule has 0 aliphatic carbocycles. The van der Waals surface area contributed by atoms with Gasteiger partial charge in [0.1, 0.15) is 15.7 Å². The maximum atomic E-state index is 12.9. The Labute approximate surface area is 105 Å². The van der Waals surface area contributed by atoms with Crippen LogP contribution < -0.4 is 11.1 Å². The van der Waals surface area contributed by atoms with Crippen LogP contribution in [0.2, 0.25) is 0 Å². The predicted octanol–water partition coefficient (Wildman–Crippen LogP) is 0.526. The van der Waals surface area contributed by atoms with Crippen LogP contribution in [0.4, 0.5) is 10.1 Å². The van der Waals surface area contributed by atoms with E-state index in [9.17, 15) is 17.6 Å². The van der Waals surface area contributed by atoms with Gasteiger partial charge in [-0.05, 0) is 24.6 Å². The maximum Gasteiger partial charge on any atom is 0.241 e. The smallest absolute Gasteiger partial charge is 0.241 e. The van der Waals surface area contributed by atoms with E-state index in [1.807, 2.05) is 0 Å². The van der Waals surface area contributed by atoms with Gasteiger partial charge in [0.25, 0.3) is 0 Å². The first-order valence-corrected chi connectivity index (χ1v) is 7.34. The average molecular weight is 274 g/mol. The summed E-state index contributed by atoms with van der Waals surface area (Å²) in [5.74, 6) is -1.17. The van der Waals surface area contributed by atoms with Crippen molar-refractivity contribution in [2.24, 2.45) is 5.73 Å². The zero-order valence-corrected chi connectivity index (χ0v) is 10.7. The van der Waals surface area contributed by atoms with E-state index in [-0.39, 0.29) is 17.9 Å². The van der Waals surface area contributed by atoms with Crippen molar-refractivity contribution in [2.75, 3.05) is 17.3 Å². The number of amides is 1. The van der Waals surface area contributed by atoms with Gasteiger partial charge in [0, 0.05) is 11.9 Å². The summed E-state index contributed by atoms with van der Waals surface area (Å²) in [5.41, 5.74) is 5.83. The van der Waals surface area contributed by atoms with Crippen LogP contribution in [-0.2, 0) is 14.6 Å². The topological polar surface area (TPSA) is 89.3 Å². The van der Waals surface area contributed by atoms with Crippen LogP contribution in [0.25, 0.3) is 0 Å². The molecule has 0 bridgehead atoms. The van der Waals surface area contributed by atoms with E-state index in [0.29, 0.717) is 0 Å². The summed E-state index contributed by atoms with van der Waals surface area (Å²) in [4.78, 5) is 11.6. The molecule has 0 fully saturated rings. The molecule has 1 rings (SSSR count). The number of carbonyl (C=O) groups is 1. The molecular formula is C11H15FN2O3S. The summed E-state index contributed by atoms with van der Waals surface area (Å²) in [7, 11) is -3.15. The molecular weight excluding hydrogens is 259 g/mol. The largest absolute Gasteiger partial charge is 0.325 e. The van der Waals surface area contributed by atoms with E-state index in [1.54, 1.807) is 0 Å². The van der Waals surface area contributed by atoms with Gasteiger partial charge in [-0.15, -0.1) is 0 Å². The van der Waals surface area contributed by atoms with Crippen LogP contribution in [-0.4, -0.2) is 32.4 Å². The molecule has 5 nitrogen and oxygen atoms in total. The van der Waals surface area contributed by atoms with Gasteiger partial charge in [-0.2, -0.15) is 0 Å². The normalized spacial score (nSPS) is 13.1. The number of halogens is 1. The number of anilines is 1. The van der Waals surface area contributed by atoms with Gasteiger partial charge in [-0.25, -0.2) is 12.8 Å². The number of sulfone groups is 1. The summed E-state index contributed by atoms with van der Waals surface area (Å²) in [6, 6.07) is 4.43. The second kappa shape index (κ2) is 5.92. The molecule has 3 N–H and O–H groups in total. The molecule has 1 unspecified atom stereocenters. The number of nitrogens with one attached hydrogen (secondary N) is 1. The predicted molar refractivity (Wildman–Crippen MR) is 67.3 cm³/mol. The monoisotopic (exact) mass is 274 g/mol. The van der Waals surface area contributed by atoms with Gasteiger partial charge in [0.15, 0.2) is 0 Å². The van der Waals surface area contributed by atoms with E-state index in [0.717, 1.165) is 12.3 Å². The lowest BCUT2D eigenvalue weighted by atomic mass is 10.2. The number of rotatable bonds is 5. The van der Waals surface area contributed by atoms with Gasteiger partial charge < -0.3 is 11.1 Å². The Hall–Kier alpha value is -1.47. The van der Waals surface area contributed by atoms with Crippen molar-refractivity contribution in [3.05, 3.63) is 30.1 Å². The first-order valence-electron chi connectivity index (χ1n) is 5.27. The molecule has 0 aliphatic heterocycles. The number of benzene rings is 1. The Kier molecular flexibility index (Phi) is 4.80. The van der Waals surface area contributed by atoms with E-state index < -0.39 is 27.6 Å². The highest BCUT2D eigenvalue weighted by molar-refractivity contribution is 7.90. The lowest BCUT2D eigenvalue weighted by Gasteiger charge is -2.11. The third-order valence-electron chi connectivity index (χ3n) is 2.23. The summed E-state index contributed by atoms with van der Waals surface area (Å²) in [5, 5.41) is 2.42. The van der Waals surface area contributed by atoms with Crippen molar-refractivity contribution >= 4 is 21.4 Å². The maximum absolute atomic E-state index is 12.9. The highest BCUT2D eigenvalue weighted by atomic mass is 32.2. The van der Waals surface area contributed by atoms with Gasteiger partial charge in [-0.1, -0.05) is 6.07 Å². The van der Waals surface area contributed by atoms with Crippen molar-refractivity contribution in [1.29, 1.82) is 0 Å². The summed E-state index contributed by atoms with van der Waals surface area (Å²) >= 11 is 0. The zero-order chi connectivity index (χ0) is 13.8. The molecule has 1 atom stereocenters. The molecule has 0 spiro atoms. The first kappa shape index (κ1) is 14.6. The minimum Gasteiger partial charge on any atom is -0.325 e. The average Bonchev–Trinajstić information content (AvgIpc) is 2.24. The van der Waals surface area contributed by atoms with Crippen molar-refractivity contribution in [3.8, 4) is 0 Å². The van der Waals surface area contributed by atoms with Gasteiger partial charge in [0.05, 0.1) is 11.8 Å². The van der Waals surface area contributed by atoms with Crippen LogP contribution in [0.3, 0.4) is 0 Å². The molecule has 1 aromatic rings. The second-order valence-electron chi connectivity index (χ2n) is 4.02. The summed E-state index contributed by atoms with van der Waals surface area (Å²) < 4.78 is 34.7. The fraction of sp³-hybridized carbons (Fsp3) is 0.364. The van der Waals surface area contributed by atoms with Crippen LogP contribution in [0.5, 0.6) is 0 Å². The van der Waals surface area contributed by atoms with Crippen molar-refractivity contribution in [2.45, 2.75) is 12.5 Å². The number of nitrogens with two attached hydrogens (primary N) is 1. The number of carbonyl (C=O) groups excluding carboxylic acids is 1. The van der Waals surface area contributed by atoms with Crippen LogP contribution in [0.1, 0.15) is 6.42 Å². The molecule has 1 aromatic carbocycles. The lowest BCUT2D eigenvalue weighted by molar-refractivity contribution is -0.117. The Morgan fingerprint density at radius 2 is 2.17 bits per heavy atom. The van der Waals surface area contributed by atoms with Crippen LogP contribution in [0, 0.1) is 5.82 Å². The molecule has 7 heteroatoms. The minimum absolute atomic E-state index is 0.0278. The third-order valence-corrected chi connectivity index (χ3v) is 3.21. The van der Waals surface area contributed by atoms with Crippen molar-refractivity contribution in [1.82, 2.24) is 0 Å². The molecule has 0 saturated heterocycles. The zero-order valence-electron chi connectivity index (χ0n) is 9.89. The Bertz CT molecular complexity index is 531. The summed E-state index contributed by atoms with van der Waals surface area (Å²) in [6.45, 7) is 0. The highest BCUT2D eigenvalue weighted by Crippen LogP contribution is 2.09. The Balaban J connectivity index is 2.55. The Morgan fingerprint density at radius 3 is 2.72 bits per heavy atom. The van der Waals surface area contributed by atoms with E-state index >= 15 is 0 Å². The van der Waals surface area contributed by atoms with Gasteiger partial charge >= 0.3 is 0 Å². The fourth-order valence-corrected chi connectivity index (χ4v) is 1.96. The molecule has 0 radical (unpaired) electrons. The SMILES string of the molecule is CS(=O)(=O)CCC(N)C(=O)Nc1cccc(F)c1. The molecule has 18 heavy (non-hydrogen) atoms. The highest BCUT2D eigenvalue weighted by Gasteiger charge is 2.16. The standard InChI is InChI=1S/C11H15FN2O3S/c1-18(16,17)6-5-10(13)11(15)14-9-4-2-3-8(12)7-9/h2-4,7,10H,5-6,13H2,1H3,(H,14,15). The van der Waals surface area contributed by atoms with E-state index in [1.165, 1.54) is 18.2 Å². The molecule has 1 amide bonds. The molecule has 0 saturated carbocycles. The van der Waals surface area contributed by atoms with Gasteiger partial charge in [-0.3, -0.25) is 4.79 Å². The molecule has 0 aliphatic rings. The van der Waals surface area contributed by atoms with Crippen molar-refractivity contribution in [3.63, 3.8) is 0 Å². The summed E-state index contributed by atoms with van der Waals surface area (Å²) in [6.07, 6.45) is 1.10. The lowest BCUT2D eigenvalue weighted by Crippen LogP contribution is -2.37. The van der Waals surface area contributed by atoms with E-state index in [4.69, 9.17) is 5.73 Å². The molecule has 0 aromatic heterocycles. The second-order valence-corrected chi connectivity index (χ2v) is 6.28.